The smallest absolute Gasteiger partial charge is 0.334 e. The molecule has 0 spiro atoms. The van der Waals surface area contributed by atoms with E-state index in [0.29, 0.717) is 5.69 Å². The summed E-state index contributed by atoms with van der Waals surface area (Å²) in [5.41, 5.74) is 0.135. The topological polar surface area (TPSA) is 64.4 Å². The normalized spacial score (nSPS) is 10.3. The van der Waals surface area contributed by atoms with Gasteiger partial charge in [0.2, 0.25) is 5.75 Å². The van der Waals surface area contributed by atoms with Crippen LogP contribution in [0.5, 0.6) is 11.5 Å². The van der Waals surface area contributed by atoms with Gasteiger partial charge in [-0.3, -0.25) is 10.1 Å². The highest BCUT2D eigenvalue weighted by molar-refractivity contribution is 6.43. The molecule has 0 fully saturated rings. The Kier molecular flexibility index (Phi) is 4.77. The van der Waals surface area contributed by atoms with Crippen LogP contribution in [0.4, 0.5) is 11.4 Å². The molecule has 0 saturated heterocycles. The molecule has 0 amide bonds. The van der Waals surface area contributed by atoms with Crippen molar-refractivity contribution >= 4 is 46.2 Å². The third kappa shape index (κ3) is 3.32. The van der Waals surface area contributed by atoms with Crippen molar-refractivity contribution in [1.82, 2.24) is 0 Å². The highest BCUT2D eigenvalue weighted by Crippen LogP contribution is 2.41. The number of benzene rings is 2. The minimum absolute atomic E-state index is 0.0483. The first kappa shape index (κ1) is 15.7. The minimum atomic E-state index is -0.535. The molecule has 0 unspecified atom stereocenters. The molecule has 5 nitrogen and oxygen atoms in total. The van der Waals surface area contributed by atoms with Gasteiger partial charge in [-0.1, -0.05) is 40.9 Å². The summed E-state index contributed by atoms with van der Waals surface area (Å²) in [6, 6.07) is 7.48. The summed E-state index contributed by atoms with van der Waals surface area (Å²) in [6.45, 7) is 0. The van der Waals surface area contributed by atoms with Crippen LogP contribution in [0.25, 0.3) is 0 Å². The van der Waals surface area contributed by atoms with E-state index in [1.165, 1.54) is 18.2 Å². The molecular weight excluding hydrogens is 339 g/mol. The van der Waals surface area contributed by atoms with E-state index in [1.807, 2.05) is 0 Å². The molecule has 0 aliphatic heterocycles. The van der Waals surface area contributed by atoms with Crippen LogP contribution < -0.4 is 10.1 Å². The van der Waals surface area contributed by atoms with Gasteiger partial charge in [-0.05, 0) is 18.2 Å². The van der Waals surface area contributed by atoms with E-state index in [2.05, 4.69) is 5.32 Å². The van der Waals surface area contributed by atoms with Crippen LogP contribution in [0, 0.1) is 10.1 Å². The number of anilines is 1. The number of nitrogens with one attached hydrogen (secondary N) is 1. The second-order valence-electron chi connectivity index (χ2n) is 3.96. The zero-order chi connectivity index (χ0) is 15.6. The Morgan fingerprint density at radius 1 is 1.10 bits per heavy atom. The van der Waals surface area contributed by atoms with Gasteiger partial charge in [-0.15, -0.1) is 0 Å². The fraction of sp³-hybridized carbons (Fsp3) is 0.0769. The van der Waals surface area contributed by atoms with Gasteiger partial charge in [0.05, 0.1) is 20.0 Å². The number of halogens is 3. The average Bonchev–Trinajstić information content (AvgIpc) is 2.44. The Labute approximate surface area is 135 Å². The van der Waals surface area contributed by atoms with Crippen molar-refractivity contribution in [2.75, 3.05) is 12.4 Å². The first-order chi connectivity index (χ1) is 9.93. The molecule has 8 heteroatoms. The number of para-hydroxylation sites is 1. The standard InChI is InChI=1S/C13H9Cl3N2O3/c1-17-10-3-2-4-11(13(10)18(19)20)21-12-6-8(15)7(14)5-9(12)16/h2-6,17H,1H3. The summed E-state index contributed by atoms with van der Waals surface area (Å²) in [5, 5.41) is 14.7. The predicted molar refractivity (Wildman–Crippen MR) is 84.2 cm³/mol. The number of nitro benzene ring substituents is 1. The molecule has 2 aromatic carbocycles. The van der Waals surface area contributed by atoms with Gasteiger partial charge >= 0.3 is 5.69 Å². The summed E-state index contributed by atoms with van der Waals surface area (Å²) < 4.78 is 5.52. The largest absolute Gasteiger partial charge is 0.448 e. The lowest BCUT2D eigenvalue weighted by molar-refractivity contribution is -0.384. The van der Waals surface area contributed by atoms with Crippen LogP contribution >= 0.6 is 34.8 Å². The fourth-order valence-corrected chi connectivity index (χ4v) is 2.27. The molecule has 0 atom stereocenters. The van der Waals surface area contributed by atoms with Gasteiger partial charge < -0.3 is 10.1 Å². The van der Waals surface area contributed by atoms with Gasteiger partial charge in [0.25, 0.3) is 0 Å². The maximum atomic E-state index is 11.2. The number of rotatable bonds is 4. The summed E-state index contributed by atoms with van der Waals surface area (Å²) in [5.74, 6) is 0.231. The van der Waals surface area contributed by atoms with Gasteiger partial charge in [0.1, 0.15) is 11.4 Å². The van der Waals surface area contributed by atoms with Crippen molar-refractivity contribution in [3.05, 3.63) is 55.5 Å². The molecule has 2 aromatic rings. The molecule has 0 bridgehead atoms. The first-order valence-electron chi connectivity index (χ1n) is 5.71. The highest BCUT2D eigenvalue weighted by atomic mass is 35.5. The van der Waals surface area contributed by atoms with E-state index in [-0.39, 0.29) is 32.3 Å². The van der Waals surface area contributed by atoms with E-state index in [9.17, 15) is 10.1 Å². The van der Waals surface area contributed by atoms with Crippen molar-refractivity contribution in [2.24, 2.45) is 0 Å². The monoisotopic (exact) mass is 346 g/mol. The van der Waals surface area contributed by atoms with Crippen LogP contribution in [-0.4, -0.2) is 12.0 Å². The molecule has 0 aliphatic carbocycles. The van der Waals surface area contributed by atoms with E-state index in [0.717, 1.165) is 0 Å². The van der Waals surface area contributed by atoms with Crippen LogP contribution in [0.3, 0.4) is 0 Å². The summed E-state index contributed by atoms with van der Waals surface area (Å²) in [4.78, 5) is 10.7. The second kappa shape index (κ2) is 6.39. The lowest BCUT2D eigenvalue weighted by Gasteiger charge is -2.11. The lowest BCUT2D eigenvalue weighted by atomic mass is 10.2. The molecular formula is C13H9Cl3N2O3. The van der Waals surface area contributed by atoms with E-state index in [4.69, 9.17) is 39.5 Å². The zero-order valence-corrected chi connectivity index (χ0v) is 13.0. The van der Waals surface area contributed by atoms with Crippen molar-refractivity contribution in [3.63, 3.8) is 0 Å². The molecule has 2 rings (SSSR count). The Balaban J connectivity index is 2.49. The molecule has 0 saturated carbocycles. The maximum absolute atomic E-state index is 11.2. The number of nitro groups is 1. The van der Waals surface area contributed by atoms with Crippen molar-refractivity contribution in [2.45, 2.75) is 0 Å². The summed E-state index contributed by atoms with van der Waals surface area (Å²) in [7, 11) is 1.58. The molecule has 1 N–H and O–H groups in total. The van der Waals surface area contributed by atoms with Crippen LogP contribution in [0.2, 0.25) is 15.1 Å². The summed E-state index contributed by atoms with van der Waals surface area (Å²) >= 11 is 17.7. The SMILES string of the molecule is CNc1cccc(Oc2cc(Cl)c(Cl)cc2Cl)c1[N+](=O)[O-]. The van der Waals surface area contributed by atoms with Gasteiger partial charge in [-0.2, -0.15) is 0 Å². The molecule has 0 aliphatic rings. The number of hydrogen-bond acceptors (Lipinski definition) is 4. The maximum Gasteiger partial charge on any atom is 0.334 e. The molecule has 0 radical (unpaired) electrons. The quantitative estimate of drug-likeness (QED) is 0.457. The van der Waals surface area contributed by atoms with E-state index < -0.39 is 4.92 Å². The molecule has 0 heterocycles. The zero-order valence-electron chi connectivity index (χ0n) is 10.7. The van der Waals surface area contributed by atoms with Gasteiger partial charge in [0, 0.05) is 13.1 Å². The molecule has 110 valence electrons. The van der Waals surface area contributed by atoms with E-state index >= 15 is 0 Å². The Hall–Kier alpha value is -1.69. The van der Waals surface area contributed by atoms with E-state index in [1.54, 1.807) is 19.2 Å². The van der Waals surface area contributed by atoms with Gasteiger partial charge in [-0.25, -0.2) is 0 Å². The first-order valence-corrected chi connectivity index (χ1v) is 6.85. The third-order valence-electron chi connectivity index (χ3n) is 2.65. The second-order valence-corrected chi connectivity index (χ2v) is 5.18. The molecule has 0 aromatic heterocycles. The highest BCUT2D eigenvalue weighted by Gasteiger charge is 2.21. The summed E-state index contributed by atoms with van der Waals surface area (Å²) in [6.07, 6.45) is 0. The fourth-order valence-electron chi connectivity index (χ4n) is 1.70. The average molecular weight is 348 g/mol. The number of hydrogen-bond donors (Lipinski definition) is 1. The Bertz CT molecular complexity index is 707. The Morgan fingerprint density at radius 3 is 2.38 bits per heavy atom. The van der Waals surface area contributed by atoms with Gasteiger partial charge in [0.15, 0.2) is 0 Å². The number of nitrogens with zero attached hydrogens (tertiary/aromatic N) is 1. The number of ether oxygens (including phenoxy) is 1. The third-order valence-corrected chi connectivity index (χ3v) is 3.66. The minimum Gasteiger partial charge on any atom is -0.448 e. The van der Waals surface area contributed by atoms with Crippen LogP contribution in [0.15, 0.2) is 30.3 Å². The molecule has 21 heavy (non-hydrogen) atoms. The lowest BCUT2D eigenvalue weighted by Crippen LogP contribution is -1.99. The Morgan fingerprint density at radius 2 is 1.76 bits per heavy atom. The van der Waals surface area contributed by atoms with Crippen LogP contribution in [0.1, 0.15) is 0 Å². The van der Waals surface area contributed by atoms with Crippen LogP contribution in [-0.2, 0) is 0 Å². The van der Waals surface area contributed by atoms with Crippen molar-refractivity contribution in [3.8, 4) is 11.5 Å². The van der Waals surface area contributed by atoms with Crippen molar-refractivity contribution in [1.29, 1.82) is 0 Å². The predicted octanol–water partition coefficient (Wildman–Crippen LogP) is 5.39. The van der Waals surface area contributed by atoms with Crippen molar-refractivity contribution < 1.29 is 9.66 Å².